The van der Waals surface area contributed by atoms with Crippen molar-refractivity contribution in [1.29, 1.82) is 0 Å². The van der Waals surface area contributed by atoms with Gasteiger partial charge in [0.15, 0.2) is 0 Å². The molecule has 5 nitrogen and oxygen atoms in total. The van der Waals surface area contributed by atoms with Gasteiger partial charge in [-0.3, -0.25) is 10.2 Å². The standard InChI is InChI=1S/C10H21N3O2/c1-13(6-2-5-10(14)12-11)8-9-4-3-7-15-9/h9H,2-8,11H2,1H3,(H,12,14). The number of likely N-dealkylation sites (N-methyl/N-ethyl adjacent to an activating group) is 1. The van der Waals surface area contributed by atoms with Crippen LogP contribution < -0.4 is 11.3 Å². The lowest BCUT2D eigenvalue weighted by Gasteiger charge is -2.19. The fourth-order valence-electron chi connectivity index (χ4n) is 1.81. The third-order valence-electron chi connectivity index (χ3n) is 2.64. The van der Waals surface area contributed by atoms with Crippen LogP contribution in [0.15, 0.2) is 0 Å². The Kier molecular flexibility index (Phi) is 5.60. The van der Waals surface area contributed by atoms with E-state index in [1.54, 1.807) is 0 Å². The van der Waals surface area contributed by atoms with E-state index in [1.165, 1.54) is 6.42 Å². The van der Waals surface area contributed by atoms with E-state index in [-0.39, 0.29) is 5.91 Å². The molecule has 0 aromatic carbocycles. The van der Waals surface area contributed by atoms with Crippen LogP contribution in [0.2, 0.25) is 0 Å². The van der Waals surface area contributed by atoms with Crippen molar-refractivity contribution in [2.45, 2.75) is 31.8 Å². The average molecular weight is 215 g/mol. The van der Waals surface area contributed by atoms with Gasteiger partial charge < -0.3 is 9.64 Å². The quantitative estimate of drug-likeness (QED) is 0.368. The van der Waals surface area contributed by atoms with Crippen molar-refractivity contribution in [2.75, 3.05) is 26.7 Å². The Morgan fingerprint density at radius 3 is 3.07 bits per heavy atom. The van der Waals surface area contributed by atoms with Crippen LogP contribution in [0.3, 0.4) is 0 Å². The van der Waals surface area contributed by atoms with Crippen molar-refractivity contribution in [3.8, 4) is 0 Å². The fourth-order valence-corrected chi connectivity index (χ4v) is 1.81. The molecule has 0 aromatic rings. The minimum atomic E-state index is -0.0967. The van der Waals surface area contributed by atoms with E-state index < -0.39 is 0 Å². The largest absolute Gasteiger partial charge is 0.377 e. The third-order valence-corrected chi connectivity index (χ3v) is 2.64. The zero-order chi connectivity index (χ0) is 11.1. The average Bonchev–Trinajstić information content (AvgIpc) is 2.70. The molecule has 0 bridgehead atoms. The molecule has 0 aliphatic carbocycles. The van der Waals surface area contributed by atoms with Gasteiger partial charge in [-0.05, 0) is 32.9 Å². The molecule has 1 atom stereocenters. The second-order valence-electron chi connectivity index (χ2n) is 4.07. The Balaban J connectivity index is 2.02. The number of carbonyl (C=O) groups is 1. The minimum absolute atomic E-state index is 0.0967. The molecule has 0 radical (unpaired) electrons. The van der Waals surface area contributed by atoms with Gasteiger partial charge in [0.1, 0.15) is 0 Å². The molecular weight excluding hydrogens is 194 g/mol. The van der Waals surface area contributed by atoms with Crippen LogP contribution in [-0.4, -0.2) is 43.7 Å². The zero-order valence-electron chi connectivity index (χ0n) is 9.37. The number of rotatable bonds is 6. The van der Waals surface area contributed by atoms with Gasteiger partial charge in [-0.1, -0.05) is 0 Å². The highest BCUT2D eigenvalue weighted by molar-refractivity contribution is 5.75. The lowest BCUT2D eigenvalue weighted by Crippen LogP contribution is -2.32. The molecular formula is C10H21N3O2. The number of carbonyl (C=O) groups excluding carboxylic acids is 1. The molecule has 1 aliphatic heterocycles. The van der Waals surface area contributed by atoms with E-state index in [0.29, 0.717) is 12.5 Å². The van der Waals surface area contributed by atoms with Gasteiger partial charge in [0.25, 0.3) is 0 Å². The summed E-state index contributed by atoms with van der Waals surface area (Å²) in [7, 11) is 2.06. The Morgan fingerprint density at radius 2 is 2.47 bits per heavy atom. The van der Waals surface area contributed by atoms with Gasteiger partial charge in [0.2, 0.25) is 5.91 Å². The van der Waals surface area contributed by atoms with Crippen molar-refractivity contribution >= 4 is 5.91 Å². The van der Waals surface area contributed by atoms with Crippen molar-refractivity contribution in [3.63, 3.8) is 0 Å². The van der Waals surface area contributed by atoms with E-state index in [0.717, 1.165) is 32.5 Å². The maximum absolute atomic E-state index is 10.9. The highest BCUT2D eigenvalue weighted by Crippen LogP contribution is 2.12. The van der Waals surface area contributed by atoms with E-state index in [9.17, 15) is 4.79 Å². The molecule has 5 heteroatoms. The highest BCUT2D eigenvalue weighted by atomic mass is 16.5. The Morgan fingerprint density at radius 1 is 1.67 bits per heavy atom. The molecule has 0 aromatic heterocycles. The van der Waals surface area contributed by atoms with E-state index in [1.807, 2.05) is 0 Å². The first-order valence-electron chi connectivity index (χ1n) is 5.52. The number of hydrogen-bond donors (Lipinski definition) is 2. The van der Waals surface area contributed by atoms with Crippen LogP contribution in [0.25, 0.3) is 0 Å². The normalized spacial score (nSPS) is 20.9. The Labute approximate surface area is 90.9 Å². The summed E-state index contributed by atoms with van der Waals surface area (Å²) in [6.07, 6.45) is 4.05. The summed E-state index contributed by atoms with van der Waals surface area (Å²) < 4.78 is 5.53. The van der Waals surface area contributed by atoms with Crippen LogP contribution in [0.5, 0.6) is 0 Å². The predicted octanol–water partition coefficient (Wildman–Crippen LogP) is -0.133. The molecule has 1 rings (SSSR count). The Hall–Kier alpha value is -0.650. The number of hydrazine groups is 1. The van der Waals surface area contributed by atoms with Crippen molar-refractivity contribution < 1.29 is 9.53 Å². The minimum Gasteiger partial charge on any atom is -0.377 e. The number of ether oxygens (including phenoxy) is 1. The number of amides is 1. The first kappa shape index (κ1) is 12.4. The smallest absolute Gasteiger partial charge is 0.233 e. The van der Waals surface area contributed by atoms with Crippen LogP contribution >= 0.6 is 0 Å². The molecule has 1 aliphatic rings. The summed E-state index contributed by atoms with van der Waals surface area (Å²) in [6, 6.07) is 0. The molecule has 1 unspecified atom stereocenters. The summed E-state index contributed by atoms with van der Waals surface area (Å²) in [5.41, 5.74) is 2.13. The fraction of sp³-hybridized carbons (Fsp3) is 0.900. The lowest BCUT2D eigenvalue weighted by molar-refractivity contribution is -0.121. The first-order chi connectivity index (χ1) is 7.22. The summed E-state index contributed by atoms with van der Waals surface area (Å²) in [4.78, 5) is 13.1. The monoisotopic (exact) mass is 215 g/mol. The molecule has 0 spiro atoms. The van der Waals surface area contributed by atoms with Gasteiger partial charge in [-0.25, -0.2) is 5.84 Å². The van der Waals surface area contributed by atoms with Crippen molar-refractivity contribution in [1.82, 2.24) is 10.3 Å². The molecule has 15 heavy (non-hydrogen) atoms. The van der Waals surface area contributed by atoms with Crippen LogP contribution in [-0.2, 0) is 9.53 Å². The molecule has 88 valence electrons. The molecule has 1 saturated heterocycles. The molecule has 3 N–H and O–H groups in total. The second-order valence-corrected chi connectivity index (χ2v) is 4.07. The number of nitrogens with two attached hydrogens (primary N) is 1. The second kappa shape index (κ2) is 6.76. The maximum atomic E-state index is 10.9. The van der Waals surface area contributed by atoms with E-state index in [2.05, 4.69) is 17.4 Å². The van der Waals surface area contributed by atoms with Gasteiger partial charge in [-0.15, -0.1) is 0 Å². The maximum Gasteiger partial charge on any atom is 0.233 e. The predicted molar refractivity (Wildman–Crippen MR) is 58.0 cm³/mol. The number of nitrogens with zero attached hydrogens (tertiary/aromatic N) is 1. The number of nitrogens with one attached hydrogen (secondary N) is 1. The molecule has 1 amide bonds. The Bertz CT molecular complexity index is 193. The molecule has 0 saturated carbocycles. The number of hydrogen-bond acceptors (Lipinski definition) is 4. The molecule has 1 heterocycles. The van der Waals surface area contributed by atoms with Crippen LogP contribution in [0.4, 0.5) is 0 Å². The first-order valence-corrected chi connectivity index (χ1v) is 5.52. The highest BCUT2D eigenvalue weighted by Gasteiger charge is 2.16. The third kappa shape index (κ3) is 5.11. The van der Waals surface area contributed by atoms with Gasteiger partial charge in [0.05, 0.1) is 6.10 Å². The van der Waals surface area contributed by atoms with Gasteiger partial charge in [0, 0.05) is 19.6 Å². The SMILES string of the molecule is CN(CCCC(=O)NN)CC1CCCO1. The lowest BCUT2D eigenvalue weighted by atomic mass is 10.2. The van der Waals surface area contributed by atoms with Crippen molar-refractivity contribution in [3.05, 3.63) is 0 Å². The van der Waals surface area contributed by atoms with Gasteiger partial charge >= 0.3 is 0 Å². The summed E-state index contributed by atoms with van der Waals surface area (Å²) in [6.45, 7) is 2.77. The summed E-state index contributed by atoms with van der Waals surface area (Å²) in [5, 5.41) is 0. The van der Waals surface area contributed by atoms with E-state index in [4.69, 9.17) is 10.6 Å². The van der Waals surface area contributed by atoms with E-state index >= 15 is 0 Å². The topological polar surface area (TPSA) is 67.6 Å². The zero-order valence-corrected chi connectivity index (χ0v) is 9.37. The van der Waals surface area contributed by atoms with Crippen LogP contribution in [0, 0.1) is 0 Å². The summed E-state index contributed by atoms with van der Waals surface area (Å²) in [5.74, 6) is 4.89. The van der Waals surface area contributed by atoms with Gasteiger partial charge in [-0.2, -0.15) is 0 Å². The summed E-state index contributed by atoms with van der Waals surface area (Å²) >= 11 is 0. The van der Waals surface area contributed by atoms with Crippen LogP contribution in [0.1, 0.15) is 25.7 Å². The molecule has 1 fully saturated rings. The van der Waals surface area contributed by atoms with Crippen molar-refractivity contribution in [2.24, 2.45) is 5.84 Å².